The molecule has 1 atom stereocenters. The maximum absolute atomic E-state index is 10.4. The third kappa shape index (κ3) is 2.98. The van der Waals surface area contributed by atoms with E-state index in [1.54, 1.807) is 13.3 Å². The third-order valence-electron chi connectivity index (χ3n) is 3.44. The number of hydrogen-bond donors (Lipinski definition) is 2. The van der Waals surface area contributed by atoms with Gasteiger partial charge in [0.1, 0.15) is 17.7 Å². The van der Waals surface area contributed by atoms with Crippen molar-refractivity contribution in [2.24, 2.45) is 0 Å². The quantitative estimate of drug-likeness (QED) is 0.769. The highest BCUT2D eigenvalue weighted by atomic mass is 35.5. The maximum Gasteiger partial charge on any atom is 0.140 e. The summed E-state index contributed by atoms with van der Waals surface area (Å²) < 4.78 is 5.11. The van der Waals surface area contributed by atoms with Crippen molar-refractivity contribution in [2.75, 3.05) is 7.11 Å². The normalized spacial score (nSPS) is 12.1. The summed E-state index contributed by atoms with van der Waals surface area (Å²) in [4.78, 5) is 7.40. The zero-order chi connectivity index (χ0) is 15.5. The van der Waals surface area contributed by atoms with Crippen LogP contribution >= 0.6 is 11.6 Å². The molecule has 22 heavy (non-hydrogen) atoms. The van der Waals surface area contributed by atoms with E-state index >= 15 is 0 Å². The van der Waals surface area contributed by atoms with Gasteiger partial charge < -0.3 is 14.8 Å². The number of aromatic amines is 1. The number of hydrogen-bond acceptors (Lipinski definition) is 3. The summed E-state index contributed by atoms with van der Waals surface area (Å²) in [5, 5.41) is 11.1. The Balaban J connectivity index is 1.84. The van der Waals surface area contributed by atoms with E-state index in [1.165, 1.54) is 0 Å². The minimum absolute atomic E-state index is 0.495. The number of H-pyrrole nitrogens is 1. The Morgan fingerprint density at radius 3 is 2.41 bits per heavy atom. The summed E-state index contributed by atoms with van der Waals surface area (Å²) in [6.45, 7) is 0. The average molecular weight is 315 g/mol. The highest BCUT2D eigenvalue weighted by molar-refractivity contribution is 6.30. The summed E-state index contributed by atoms with van der Waals surface area (Å²) in [7, 11) is 1.61. The predicted molar refractivity (Wildman–Crippen MR) is 86.1 cm³/mol. The van der Waals surface area contributed by atoms with Crippen molar-refractivity contribution in [3.8, 4) is 17.0 Å². The van der Waals surface area contributed by atoms with E-state index in [0.29, 0.717) is 10.8 Å². The van der Waals surface area contributed by atoms with Crippen molar-refractivity contribution in [3.63, 3.8) is 0 Å². The Kier molecular flexibility index (Phi) is 4.13. The Hall–Kier alpha value is -2.30. The van der Waals surface area contributed by atoms with Gasteiger partial charge in [0, 0.05) is 5.02 Å². The van der Waals surface area contributed by atoms with E-state index in [-0.39, 0.29) is 0 Å². The first-order valence-electron chi connectivity index (χ1n) is 6.80. The van der Waals surface area contributed by atoms with Gasteiger partial charge in [0.05, 0.1) is 19.0 Å². The lowest BCUT2D eigenvalue weighted by Gasteiger charge is -2.09. The van der Waals surface area contributed by atoms with Crippen LogP contribution in [-0.2, 0) is 0 Å². The Morgan fingerprint density at radius 1 is 1.09 bits per heavy atom. The molecule has 0 amide bonds. The van der Waals surface area contributed by atoms with Gasteiger partial charge in [-0.05, 0) is 35.4 Å². The molecule has 0 radical (unpaired) electrons. The molecule has 0 aliphatic carbocycles. The fraction of sp³-hybridized carbons (Fsp3) is 0.118. The van der Waals surface area contributed by atoms with Crippen LogP contribution in [0.1, 0.15) is 17.5 Å². The van der Waals surface area contributed by atoms with Crippen molar-refractivity contribution < 1.29 is 9.84 Å². The molecular weight excluding hydrogens is 300 g/mol. The highest BCUT2D eigenvalue weighted by Crippen LogP contribution is 2.25. The molecule has 3 rings (SSSR count). The largest absolute Gasteiger partial charge is 0.497 e. The summed E-state index contributed by atoms with van der Waals surface area (Å²) in [6.07, 6.45) is 0.887. The summed E-state index contributed by atoms with van der Waals surface area (Å²) in [5.41, 5.74) is 2.54. The molecule has 1 aromatic heterocycles. The molecule has 0 saturated heterocycles. The second kappa shape index (κ2) is 6.22. The second-order valence-corrected chi connectivity index (χ2v) is 5.30. The number of aliphatic hydroxyl groups excluding tert-OH is 1. The van der Waals surface area contributed by atoms with Crippen LogP contribution in [0.15, 0.2) is 54.7 Å². The van der Waals surface area contributed by atoms with Gasteiger partial charge in [-0.15, -0.1) is 0 Å². The van der Waals surface area contributed by atoms with Crippen molar-refractivity contribution >= 4 is 11.6 Å². The molecule has 2 N–H and O–H groups in total. The zero-order valence-corrected chi connectivity index (χ0v) is 12.7. The molecule has 0 aliphatic rings. The number of imidazole rings is 1. The van der Waals surface area contributed by atoms with Crippen LogP contribution in [0.2, 0.25) is 5.02 Å². The van der Waals surface area contributed by atoms with Gasteiger partial charge in [0.25, 0.3) is 0 Å². The lowest BCUT2D eigenvalue weighted by atomic mass is 10.1. The number of nitrogens with zero attached hydrogens (tertiary/aromatic N) is 1. The first kappa shape index (κ1) is 14.6. The number of nitrogens with one attached hydrogen (secondary N) is 1. The van der Waals surface area contributed by atoms with Gasteiger partial charge in [-0.25, -0.2) is 4.98 Å². The van der Waals surface area contributed by atoms with E-state index in [2.05, 4.69) is 9.97 Å². The van der Waals surface area contributed by atoms with Crippen LogP contribution < -0.4 is 4.74 Å². The topological polar surface area (TPSA) is 58.1 Å². The van der Waals surface area contributed by atoms with E-state index in [0.717, 1.165) is 22.6 Å². The van der Waals surface area contributed by atoms with Crippen LogP contribution in [0.3, 0.4) is 0 Å². The lowest BCUT2D eigenvalue weighted by Crippen LogP contribution is -2.01. The van der Waals surface area contributed by atoms with Crippen LogP contribution in [0.5, 0.6) is 5.75 Å². The second-order valence-electron chi connectivity index (χ2n) is 4.86. The third-order valence-corrected chi connectivity index (χ3v) is 3.69. The summed E-state index contributed by atoms with van der Waals surface area (Å²) >= 11 is 5.88. The molecule has 3 aromatic rings. The minimum Gasteiger partial charge on any atom is -0.497 e. The van der Waals surface area contributed by atoms with Crippen LogP contribution in [-0.4, -0.2) is 22.2 Å². The summed E-state index contributed by atoms with van der Waals surface area (Å²) in [6, 6.07) is 14.7. The van der Waals surface area contributed by atoms with Gasteiger partial charge in [-0.2, -0.15) is 0 Å². The lowest BCUT2D eigenvalue weighted by molar-refractivity contribution is 0.211. The fourth-order valence-corrected chi connectivity index (χ4v) is 2.32. The predicted octanol–water partition coefficient (Wildman–Crippen LogP) is 3.82. The number of ether oxygens (including phenoxy) is 1. The molecule has 112 valence electrons. The van der Waals surface area contributed by atoms with Gasteiger partial charge >= 0.3 is 0 Å². The van der Waals surface area contributed by atoms with E-state index < -0.39 is 6.10 Å². The number of rotatable bonds is 4. The summed E-state index contributed by atoms with van der Waals surface area (Å²) in [5.74, 6) is 1.24. The van der Waals surface area contributed by atoms with Gasteiger partial charge in [-0.1, -0.05) is 35.9 Å². The minimum atomic E-state index is -0.813. The molecule has 0 aliphatic heterocycles. The van der Waals surface area contributed by atoms with E-state index in [4.69, 9.17) is 16.3 Å². The molecule has 0 fully saturated rings. The van der Waals surface area contributed by atoms with Crippen molar-refractivity contribution in [2.45, 2.75) is 6.10 Å². The Labute approximate surface area is 133 Å². The van der Waals surface area contributed by atoms with Gasteiger partial charge in [-0.3, -0.25) is 0 Å². The maximum atomic E-state index is 10.4. The molecular formula is C17H15ClN2O2. The van der Waals surface area contributed by atoms with Gasteiger partial charge in [0.15, 0.2) is 0 Å². The Morgan fingerprint density at radius 2 is 1.77 bits per heavy atom. The SMILES string of the molecule is COc1ccc(C(O)c2ncc(-c3ccc(Cl)cc3)[nH]2)cc1. The Bertz CT molecular complexity index is 751. The fourth-order valence-electron chi connectivity index (χ4n) is 2.20. The first-order valence-corrected chi connectivity index (χ1v) is 7.18. The molecule has 1 unspecified atom stereocenters. The number of aliphatic hydroxyl groups is 1. The van der Waals surface area contributed by atoms with Crippen molar-refractivity contribution in [3.05, 3.63) is 71.1 Å². The van der Waals surface area contributed by atoms with Crippen molar-refractivity contribution in [1.29, 1.82) is 0 Å². The van der Waals surface area contributed by atoms with E-state index in [9.17, 15) is 5.11 Å². The number of aromatic nitrogens is 2. The average Bonchev–Trinajstić information content (AvgIpc) is 3.05. The number of methoxy groups -OCH3 is 1. The van der Waals surface area contributed by atoms with Crippen LogP contribution in [0.25, 0.3) is 11.3 Å². The molecule has 5 heteroatoms. The zero-order valence-electron chi connectivity index (χ0n) is 12.0. The molecule has 4 nitrogen and oxygen atoms in total. The monoisotopic (exact) mass is 314 g/mol. The molecule has 2 aromatic carbocycles. The van der Waals surface area contributed by atoms with Crippen LogP contribution in [0, 0.1) is 0 Å². The molecule has 1 heterocycles. The first-order chi connectivity index (χ1) is 10.7. The van der Waals surface area contributed by atoms with Crippen LogP contribution in [0.4, 0.5) is 0 Å². The molecule has 0 bridgehead atoms. The number of halogens is 1. The van der Waals surface area contributed by atoms with E-state index in [1.807, 2.05) is 48.5 Å². The molecule has 0 spiro atoms. The number of benzene rings is 2. The smallest absolute Gasteiger partial charge is 0.140 e. The standard InChI is InChI=1S/C17H15ClN2O2/c1-22-14-8-4-12(5-9-14)16(21)17-19-10-15(20-17)11-2-6-13(18)7-3-11/h2-10,16,21H,1H3,(H,19,20). The molecule has 0 saturated carbocycles. The highest BCUT2D eigenvalue weighted by Gasteiger charge is 2.14. The van der Waals surface area contributed by atoms with Gasteiger partial charge in [0.2, 0.25) is 0 Å². The van der Waals surface area contributed by atoms with Crippen molar-refractivity contribution in [1.82, 2.24) is 9.97 Å².